The van der Waals surface area contributed by atoms with E-state index in [1.54, 1.807) is 0 Å². The van der Waals surface area contributed by atoms with Crippen molar-refractivity contribution in [2.24, 2.45) is 0 Å². The minimum absolute atomic E-state index is 0.0356. The summed E-state index contributed by atoms with van der Waals surface area (Å²) in [7, 11) is 0. The molecular weight excluding hydrogens is 194 g/mol. The average molecular weight is 207 g/mol. The maximum Gasteiger partial charge on any atom is 0.186 e. The van der Waals surface area contributed by atoms with Crippen LogP contribution < -0.4 is 4.90 Å². The third kappa shape index (κ3) is 2.00. The Morgan fingerprint density at radius 1 is 1.47 bits per heavy atom. The molecule has 80 valence electrons. The smallest absolute Gasteiger partial charge is 0.186 e. The van der Waals surface area contributed by atoms with Gasteiger partial charge in [-0.3, -0.25) is 4.79 Å². The summed E-state index contributed by atoms with van der Waals surface area (Å²) < 4.78 is 5.23. The van der Waals surface area contributed by atoms with Crippen molar-refractivity contribution >= 4 is 12.0 Å². The number of benzene rings is 1. The fraction of sp³-hybridized carbons (Fsp3) is 0.364. The molecule has 0 aromatic heterocycles. The molecule has 0 amide bonds. The summed E-state index contributed by atoms with van der Waals surface area (Å²) in [5, 5.41) is 8.90. The number of carbonyl (C=O) groups is 1. The van der Waals surface area contributed by atoms with Crippen molar-refractivity contribution in [2.45, 2.75) is 12.8 Å². The van der Waals surface area contributed by atoms with E-state index in [1.165, 1.54) is 0 Å². The largest absolute Gasteiger partial charge is 0.392 e. The Bertz CT molecular complexity index is 336. The number of hydrogen-bond donors (Lipinski definition) is 1. The highest BCUT2D eigenvalue weighted by Crippen LogP contribution is 2.21. The highest BCUT2D eigenvalue weighted by atomic mass is 16.5. The van der Waals surface area contributed by atoms with Crippen LogP contribution in [0.5, 0.6) is 0 Å². The van der Waals surface area contributed by atoms with Crippen LogP contribution in [0.1, 0.15) is 5.56 Å². The second-order valence-electron chi connectivity index (χ2n) is 3.42. The average Bonchev–Trinajstić information content (AvgIpc) is 2.77. The van der Waals surface area contributed by atoms with Crippen LogP contribution in [0.2, 0.25) is 0 Å². The van der Waals surface area contributed by atoms with Gasteiger partial charge in [-0.15, -0.1) is 0 Å². The summed E-state index contributed by atoms with van der Waals surface area (Å²) in [5.74, 6) is 0. The van der Waals surface area contributed by atoms with Crippen LogP contribution in [0, 0.1) is 0 Å². The second-order valence-corrected chi connectivity index (χ2v) is 3.42. The quantitative estimate of drug-likeness (QED) is 0.735. The molecular formula is C11H13NO3. The lowest BCUT2D eigenvalue weighted by atomic mass is 10.2. The van der Waals surface area contributed by atoms with Gasteiger partial charge < -0.3 is 14.7 Å². The van der Waals surface area contributed by atoms with E-state index in [-0.39, 0.29) is 6.61 Å². The van der Waals surface area contributed by atoms with Crippen LogP contribution in [0.25, 0.3) is 0 Å². The summed E-state index contributed by atoms with van der Waals surface area (Å²) in [5.41, 5.74) is 1.81. The zero-order valence-corrected chi connectivity index (χ0v) is 8.30. The highest BCUT2D eigenvalue weighted by molar-refractivity contribution is 5.65. The molecule has 0 aliphatic carbocycles. The normalized spacial score (nSPS) is 20.6. The van der Waals surface area contributed by atoms with E-state index in [0.717, 1.165) is 24.1 Å². The van der Waals surface area contributed by atoms with Gasteiger partial charge in [0, 0.05) is 12.2 Å². The summed E-state index contributed by atoms with van der Waals surface area (Å²) in [4.78, 5) is 12.6. The first-order chi connectivity index (χ1) is 7.35. The van der Waals surface area contributed by atoms with Gasteiger partial charge in [-0.1, -0.05) is 12.1 Å². The van der Waals surface area contributed by atoms with Crippen LogP contribution in [-0.4, -0.2) is 30.8 Å². The first-order valence-electron chi connectivity index (χ1n) is 4.88. The second kappa shape index (κ2) is 4.42. The lowest BCUT2D eigenvalue weighted by Crippen LogP contribution is -2.31. The topological polar surface area (TPSA) is 49.8 Å². The van der Waals surface area contributed by atoms with Crippen molar-refractivity contribution in [2.75, 3.05) is 18.1 Å². The van der Waals surface area contributed by atoms with Gasteiger partial charge in [-0.05, 0) is 17.7 Å². The molecule has 1 aliphatic heterocycles. The molecule has 1 unspecified atom stereocenters. The summed E-state index contributed by atoms with van der Waals surface area (Å²) in [6.07, 6.45) is 0.331. The number of rotatable bonds is 3. The molecule has 0 spiro atoms. The van der Waals surface area contributed by atoms with Crippen molar-refractivity contribution in [3.05, 3.63) is 29.8 Å². The van der Waals surface area contributed by atoms with Crippen molar-refractivity contribution in [3.63, 3.8) is 0 Å². The Labute approximate surface area is 88.1 Å². The molecule has 1 N–H and O–H groups in total. The first-order valence-corrected chi connectivity index (χ1v) is 4.88. The van der Waals surface area contributed by atoms with Gasteiger partial charge in [0.25, 0.3) is 0 Å². The van der Waals surface area contributed by atoms with Gasteiger partial charge in [-0.25, -0.2) is 0 Å². The van der Waals surface area contributed by atoms with E-state index in [2.05, 4.69) is 0 Å². The maximum atomic E-state index is 10.7. The molecule has 1 aromatic rings. The fourth-order valence-electron chi connectivity index (χ4n) is 1.67. The zero-order chi connectivity index (χ0) is 10.7. The van der Waals surface area contributed by atoms with E-state index in [0.29, 0.717) is 6.61 Å². The third-order valence-corrected chi connectivity index (χ3v) is 2.49. The molecule has 0 saturated carbocycles. The Kier molecular flexibility index (Phi) is 2.99. The minimum atomic E-state index is -0.468. The molecule has 4 nitrogen and oxygen atoms in total. The molecule has 1 fully saturated rings. The molecule has 1 saturated heterocycles. The molecule has 15 heavy (non-hydrogen) atoms. The molecule has 4 heteroatoms. The first kappa shape index (κ1) is 10.1. The van der Waals surface area contributed by atoms with Gasteiger partial charge in [0.05, 0.1) is 13.2 Å². The van der Waals surface area contributed by atoms with Crippen LogP contribution in [-0.2, 0) is 16.1 Å². The maximum absolute atomic E-state index is 10.7. The van der Waals surface area contributed by atoms with Gasteiger partial charge in [-0.2, -0.15) is 0 Å². The Morgan fingerprint density at radius 3 is 2.80 bits per heavy atom. The number of nitrogens with zero attached hydrogens (tertiary/aromatic N) is 1. The predicted octanol–water partition coefficient (Wildman–Crippen LogP) is 0.541. The van der Waals surface area contributed by atoms with Crippen LogP contribution in [0.15, 0.2) is 24.3 Å². The van der Waals surface area contributed by atoms with Crippen LogP contribution in [0.3, 0.4) is 0 Å². The number of carbonyl (C=O) groups excluding carboxylic acids is 1. The summed E-state index contributed by atoms with van der Waals surface area (Å²) in [6, 6.07) is 7.46. The number of aldehydes is 1. The Morgan fingerprint density at radius 2 is 2.20 bits per heavy atom. The van der Waals surface area contributed by atoms with Crippen LogP contribution in [0.4, 0.5) is 5.69 Å². The van der Waals surface area contributed by atoms with E-state index >= 15 is 0 Å². The van der Waals surface area contributed by atoms with Crippen molar-refractivity contribution < 1.29 is 14.6 Å². The molecule has 1 aliphatic rings. The lowest BCUT2D eigenvalue weighted by molar-refractivity contribution is -0.115. The molecule has 1 aromatic carbocycles. The van der Waals surface area contributed by atoms with Crippen molar-refractivity contribution in [1.82, 2.24) is 0 Å². The van der Waals surface area contributed by atoms with E-state index < -0.39 is 6.23 Å². The van der Waals surface area contributed by atoms with Crippen molar-refractivity contribution in [3.8, 4) is 0 Å². The van der Waals surface area contributed by atoms with Gasteiger partial charge >= 0.3 is 0 Å². The number of hydrogen-bond acceptors (Lipinski definition) is 4. The predicted molar refractivity (Wildman–Crippen MR) is 55.5 cm³/mol. The SMILES string of the molecule is O=CC1OCCN1c1ccc(CO)cc1. The standard InChI is InChI=1S/C11H13NO3/c13-7-9-1-3-10(4-2-9)12-5-6-15-11(12)8-14/h1-4,8,11,13H,5-7H2. The molecule has 0 bridgehead atoms. The summed E-state index contributed by atoms with van der Waals surface area (Å²) in [6.45, 7) is 1.33. The van der Waals surface area contributed by atoms with Gasteiger partial charge in [0.2, 0.25) is 0 Å². The number of ether oxygens (including phenoxy) is 1. The summed E-state index contributed by atoms with van der Waals surface area (Å²) >= 11 is 0. The number of aliphatic hydroxyl groups is 1. The van der Waals surface area contributed by atoms with Gasteiger partial charge in [0.1, 0.15) is 0 Å². The Balaban J connectivity index is 2.17. The highest BCUT2D eigenvalue weighted by Gasteiger charge is 2.24. The Hall–Kier alpha value is -1.39. The van der Waals surface area contributed by atoms with E-state index in [1.807, 2.05) is 29.2 Å². The van der Waals surface area contributed by atoms with E-state index in [4.69, 9.17) is 9.84 Å². The molecule has 0 radical (unpaired) electrons. The number of anilines is 1. The minimum Gasteiger partial charge on any atom is -0.392 e. The molecule has 1 heterocycles. The number of aliphatic hydroxyl groups excluding tert-OH is 1. The van der Waals surface area contributed by atoms with Gasteiger partial charge in [0.15, 0.2) is 12.5 Å². The zero-order valence-electron chi connectivity index (χ0n) is 8.30. The third-order valence-electron chi connectivity index (χ3n) is 2.49. The lowest BCUT2D eigenvalue weighted by Gasteiger charge is -2.20. The molecule has 2 rings (SSSR count). The fourth-order valence-corrected chi connectivity index (χ4v) is 1.67. The van der Waals surface area contributed by atoms with Crippen molar-refractivity contribution in [1.29, 1.82) is 0 Å². The van der Waals surface area contributed by atoms with Crippen LogP contribution >= 0.6 is 0 Å². The van der Waals surface area contributed by atoms with E-state index in [9.17, 15) is 4.79 Å². The molecule has 1 atom stereocenters. The monoisotopic (exact) mass is 207 g/mol.